The summed E-state index contributed by atoms with van der Waals surface area (Å²) < 4.78 is 1.96. The van der Waals surface area contributed by atoms with Crippen LogP contribution < -0.4 is 10.6 Å². The summed E-state index contributed by atoms with van der Waals surface area (Å²) in [5.74, 6) is 2.47. The Morgan fingerprint density at radius 3 is 2.52 bits per heavy atom. The van der Waals surface area contributed by atoms with E-state index in [4.69, 9.17) is 28.2 Å². The molecule has 0 amide bonds. The highest BCUT2D eigenvalue weighted by molar-refractivity contribution is 14.0. The predicted octanol–water partition coefficient (Wildman–Crippen LogP) is 4.92. The smallest absolute Gasteiger partial charge is 0.191 e. The van der Waals surface area contributed by atoms with E-state index in [-0.39, 0.29) is 24.0 Å². The Balaban J connectivity index is 0.00000341. The zero-order chi connectivity index (χ0) is 21.3. The van der Waals surface area contributed by atoms with Crippen molar-refractivity contribution in [3.63, 3.8) is 0 Å². The molecule has 6 nitrogen and oxygen atoms in total. The zero-order valence-corrected chi connectivity index (χ0v) is 21.4. The minimum atomic E-state index is 0. The van der Waals surface area contributed by atoms with Gasteiger partial charge in [0.05, 0.1) is 13.1 Å². The first-order valence-electron chi connectivity index (χ1n) is 9.88. The summed E-state index contributed by atoms with van der Waals surface area (Å²) in [6.45, 7) is 3.83. The van der Waals surface area contributed by atoms with Gasteiger partial charge in [0.2, 0.25) is 0 Å². The van der Waals surface area contributed by atoms with E-state index < -0.39 is 0 Å². The molecule has 31 heavy (non-hydrogen) atoms. The average Bonchev–Trinajstić information content (AvgIpc) is 3.06. The third-order valence-corrected chi connectivity index (χ3v) is 5.38. The van der Waals surface area contributed by atoms with Gasteiger partial charge in [-0.05, 0) is 43.0 Å². The number of aromatic nitrogens is 3. The lowest BCUT2D eigenvalue weighted by Crippen LogP contribution is -2.38. The lowest BCUT2D eigenvalue weighted by atomic mass is 10.1. The molecule has 2 aromatic carbocycles. The number of aliphatic imine (C=N–C) groups is 1. The number of benzene rings is 2. The van der Waals surface area contributed by atoms with E-state index in [1.54, 1.807) is 6.07 Å². The molecule has 0 bridgehead atoms. The van der Waals surface area contributed by atoms with Gasteiger partial charge in [-0.15, -0.1) is 34.2 Å². The van der Waals surface area contributed by atoms with Crippen LogP contribution in [0.3, 0.4) is 0 Å². The van der Waals surface area contributed by atoms with Crippen molar-refractivity contribution in [3.8, 4) is 0 Å². The molecular weight excluding hydrogens is 546 g/mol. The summed E-state index contributed by atoms with van der Waals surface area (Å²) >= 11 is 12.2. The molecule has 0 radical (unpaired) electrons. The highest BCUT2D eigenvalue weighted by atomic mass is 127. The second-order valence-electron chi connectivity index (χ2n) is 6.99. The topological polar surface area (TPSA) is 67.1 Å². The largest absolute Gasteiger partial charge is 0.356 e. The summed E-state index contributed by atoms with van der Waals surface area (Å²) in [5.41, 5.74) is 2.24. The van der Waals surface area contributed by atoms with Gasteiger partial charge >= 0.3 is 0 Å². The van der Waals surface area contributed by atoms with Crippen molar-refractivity contribution in [1.82, 2.24) is 25.4 Å². The quantitative estimate of drug-likeness (QED) is 0.174. The van der Waals surface area contributed by atoms with Crippen molar-refractivity contribution in [2.75, 3.05) is 6.54 Å². The maximum absolute atomic E-state index is 6.27. The van der Waals surface area contributed by atoms with Gasteiger partial charge in [0.1, 0.15) is 5.82 Å². The molecule has 0 saturated heterocycles. The first kappa shape index (κ1) is 25.4. The number of halogens is 3. The van der Waals surface area contributed by atoms with Gasteiger partial charge in [-0.1, -0.05) is 59.6 Å². The molecule has 9 heteroatoms. The van der Waals surface area contributed by atoms with Crippen LogP contribution in [0.15, 0.2) is 53.5 Å². The molecule has 0 saturated carbocycles. The minimum absolute atomic E-state index is 0. The van der Waals surface area contributed by atoms with Crippen LogP contribution in [0.4, 0.5) is 0 Å². The molecule has 0 fully saturated rings. The van der Waals surface area contributed by atoms with Crippen molar-refractivity contribution >= 4 is 53.1 Å². The normalized spacial score (nSPS) is 11.2. The number of nitrogens with zero attached hydrogens (tertiary/aromatic N) is 4. The molecule has 0 aliphatic carbocycles. The molecule has 0 aliphatic heterocycles. The van der Waals surface area contributed by atoms with Gasteiger partial charge < -0.3 is 15.2 Å². The highest BCUT2D eigenvalue weighted by Crippen LogP contribution is 2.21. The van der Waals surface area contributed by atoms with Crippen molar-refractivity contribution in [2.45, 2.75) is 32.9 Å². The van der Waals surface area contributed by atoms with Crippen LogP contribution in [0, 0.1) is 6.92 Å². The van der Waals surface area contributed by atoms with E-state index in [0.29, 0.717) is 23.1 Å². The van der Waals surface area contributed by atoms with E-state index in [9.17, 15) is 0 Å². The summed E-state index contributed by atoms with van der Waals surface area (Å²) in [5, 5.41) is 16.4. The molecule has 1 aromatic heterocycles. The molecule has 1 heterocycles. The zero-order valence-electron chi connectivity index (χ0n) is 17.6. The number of hydrogen-bond donors (Lipinski definition) is 2. The predicted molar refractivity (Wildman–Crippen MR) is 138 cm³/mol. The van der Waals surface area contributed by atoms with Gasteiger partial charge in [0.25, 0.3) is 0 Å². The van der Waals surface area contributed by atoms with Crippen LogP contribution in [-0.4, -0.2) is 27.3 Å². The molecule has 166 valence electrons. The molecule has 0 aliphatic rings. The fourth-order valence-corrected chi connectivity index (χ4v) is 3.41. The maximum atomic E-state index is 6.27. The summed E-state index contributed by atoms with van der Waals surface area (Å²) in [4.78, 5) is 4.71. The van der Waals surface area contributed by atoms with Gasteiger partial charge in [0, 0.05) is 23.6 Å². The third-order valence-electron chi connectivity index (χ3n) is 4.79. The Bertz CT molecular complexity index is 991. The van der Waals surface area contributed by atoms with E-state index in [0.717, 1.165) is 48.1 Å². The Morgan fingerprint density at radius 2 is 1.84 bits per heavy atom. The van der Waals surface area contributed by atoms with E-state index in [2.05, 4.69) is 33.0 Å². The number of hydrogen-bond acceptors (Lipinski definition) is 3. The Labute approximate surface area is 210 Å². The van der Waals surface area contributed by atoms with Gasteiger partial charge in [-0.25, -0.2) is 4.99 Å². The van der Waals surface area contributed by atoms with E-state index in [1.165, 1.54) is 0 Å². The number of guanidine groups is 1. The third kappa shape index (κ3) is 7.97. The second kappa shape index (κ2) is 12.9. The van der Waals surface area contributed by atoms with Crippen LogP contribution in [0.25, 0.3) is 0 Å². The van der Waals surface area contributed by atoms with Crippen molar-refractivity contribution in [1.29, 1.82) is 0 Å². The van der Waals surface area contributed by atoms with Gasteiger partial charge in [-0.2, -0.15) is 0 Å². The van der Waals surface area contributed by atoms with Crippen LogP contribution in [-0.2, 0) is 26.6 Å². The van der Waals surface area contributed by atoms with E-state index in [1.807, 2.05) is 48.9 Å². The minimum Gasteiger partial charge on any atom is -0.356 e. The van der Waals surface area contributed by atoms with Crippen molar-refractivity contribution in [3.05, 3.63) is 81.4 Å². The summed E-state index contributed by atoms with van der Waals surface area (Å²) in [6.07, 6.45) is 1.77. The molecule has 3 rings (SSSR count). The fraction of sp³-hybridized carbons (Fsp3) is 0.318. The van der Waals surface area contributed by atoms with Crippen LogP contribution in [0.5, 0.6) is 0 Å². The average molecular weight is 573 g/mol. The Hall–Kier alpha value is -1.84. The second-order valence-corrected chi connectivity index (χ2v) is 7.84. The molecule has 0 unspecified atom stereocenters. The lowest BCUT2D eigenvalue weighted by Gasteiger charge is -2.13. The summed E-state index contributed by atoms with van der Waals surface area (Å²) in [7, 11) is 1.95. The molecule has 0 atom stereocenters. The van der Waals surface area contributed by atoms with Crippen LogP contribution in [0.2, 0.25) is 10.0 Å². The van der Waals surface area contributed by atoms with Gasteiger partial charge in [-0.3, -0.25) is 0 Å². The number of aryl methyl sites for hydroxylation is 2. The summed E-state index contributed by atoms with van der Waals surface area (Å²) in [6, 6.07) is 15.8. The fourth-order valence-electron chi connectivity index (χ4n) is 2.91. The van der Waals surface area contributed by atoms with Crippen molar-refractivity contribution < 1.29 is 0 Å². The van der Waals surface area contributed by atoms with Gasteiger partial charge in [0.15, 0.2) is 11.8 Å². The first-order valence-corrected chi connectivity index (χ1v) is 10.6. The van der Waals surface area contributed by atoms with Crippen molar-refractivity contribution in [2.24, 2.45) is 12.0 Å². The number of nitrogens with one attached hydrogen (secondary N) is 2. The van der Waals surface area contributed by atoms with Crippen LogP contribution in [0.1, 0.15) is 29.2 Å². The van der Waals surface area contributed by atoms with Crippen LogP contribution >= 0.6 is 47.2 Å². The first-order chi connectivity index (χ1) is 14.5. The Kier molecular flexibility index (Phi) is 10.6. The Morgan fingerprint density at radius 1 is 1.06 bits per heavy atom. The maximum Gasteiger partial charge on any atom is 0.191 e. The standard InChI is InChI=1S/C22H26Cl2N6.HI/c1-16-28-29-21(30(16)2)15-27-22(26-14-17-7-4-3-5-8-17)25-12-6-9-18-10-11-19(23)13-20(18)24;/h3-5,7-8,10-11,13H,6,9,12,14-15H2,1-2H3,(H2,25,26,27);1H. The molecule has 3 aromatic rings. The number of rotatable bonds is 8. The molecule has 0 spiro atoms. The highest BCUT2D eigenvalue weighted by Gasteiger charge is 2.07. The monoisotopic (exact) mass is 572 g/mol. The SMILES string of the molecule is Cc1nnc(CNC(=NCc2ccccc2)NCCCc2ccc(Cl)cc2Cl)n1C.I. The lowest BCUT2D eigenvalue weighted by molar-refractivity contribution is 0.700. The van der Waals surface area contributed by atoms with E-state index >= 15 is 0 Å². The molecular formula is C22H27Cl2IN6. The molecule has 2 N–H and O–H groups in total.